The van der Waals surface area contributed by atoms with Gasteiger partial charge in [0.15, 0.2) is 17.5 Å². The number of benzene rings is 2. The summed E-state index contributed by atoms with van der Waals surface area (Å²) < 4.78 is 13.4. The van der Waals surface area contributed by atoms with Crippen molar-refractivity contribution in [2.24, 2.45) is 4.99 Å². The van der Waals surface area contributed by atoms with Gasteiger partial charge in [0.05, 0.1) is 0 Å². The minimum absolute atomic E-state index is 0.338. The molecule has 2 rings (SSSR count). The number of phenols is 1. The average Bonchev–Trinajstić information content (AvgIpc) is 2.53. The molecule has 0 unspecified atom stereocenters. The Hall–Kier alpha value is -2.56. The molecule has 0 aromatic heterocycles. The van der Waals surface area contributed by atoms with Crippen LogP contribution in [0.5, 0.6) is 5.75 Å². The maximum Gasteiger partial charge on any atom is 0.193 e. The molecule has 23 heavy (non-hydrogen) atoms. The van der Waals surface area contributed by atoms with Crippen LogP contribution in [0.25, 0.3) is 0 Å². The van der Waals surface area contributed by atoms with Crippen molar-refractivity contribution < 1.29 is 9.50 Å². The highest BCUT2D eigenvalue weighted by atomic mass is 19.1. The van der Waals surface area contributed by atoms with Gasteiger partial charge in [-0.25, -0.2) is 4.39 Å². The molecule has 0 bridgehead atoms. The van der Waals surface area contributed by atoms with E-state index in [1.54, 1.807) is 13.1 Å². The van der Waals surface area contributed by atoms with Gasteiger partial charge in [-0.2, -0.15) is 0 Å². The number of nitrogens with zero attached hydrogens (tertiary/aromatic N) is 2. The van der Waals surface area contributed by atoms with Gasteiger partial charge in [-0.1, -0.05) is 30.3 Å². The average molecular weight is 315 g/mol. The van der Waals surface area contributed by atoms with Crippen LogP contribution in [-0.2, 0) is 13.1 Å². The first kappa shape index (κ1) is 16.8. The Bertz CT molecular complexity index is 700. The highest BCUT2D eigenvalue weighted by Crippen LogP contribution is 2.16. The Labute approximate surface area is 136 Å². The lowest BCUT2D eigenvalue weighted by Crippen LogP contribution is -2.38. The van der Waals surface area contributed by atoms with E-state index in [2.05, 4.69) is 29.4 Å². The van der Waals surface area contributed by atoms with E-state index in [1.165, 1.54) is 23.3 Å². The van der Waals surface area contributed by atoms with Crippen molar-refractivity contribution in [2.75, 3.05) is 14.1 Å². The van der Waals surface area contributed by atoms with Gasteiger partial charge in [0.25, 0.3) is 0 Å². The molecular formula is C18H22FN3O. The van der Waals surface area contributed by atoms with E-state index in [1.807, 2.05) is 24.1 Å². The summed E-state index contributed by atoms with van der Waals surface area (Å²) in [6.45, 7) is 3.25. The fourth-order valence-electron chi connectivity index (χ4n) is 2.34. The van der Waals surface area contributed by atoms with Gasteiger partial charge in [-0.15, -0.1) is 0 Å². The van der Waals surface area contributed by atoms with Crippen molar-refractivity contribution in [1.82, 2.24) is 10.2 Å². The van der Waals surface area contributed by atoms with Crippen LogP contribution in [0.3, 0.4) is 0 Å². The van der Waals surface area contributed by atoms with Gasteiger partial charge in [0, 0.05) is 27.2 Å². The lowest BCUT2D eigenvalue weighted by Gasteiger charge is -2.23. The lowest BCUT2D eigenvalue weighted by atomic mass is 10.1. The number of nitrogens with one attached hydrogen (secondary N) is 1. The highest BCUT2D eigenvalue weighted by molar-refractivity contribution is 5.79. The minimum Gasteiger partial charge on any atom is -0.505 e. The van der Waals surface area contributed by atoms with Crippen LogP contribution in [0, 0.1) is 12.7 Å². The number of aryl methyl sites for hydroxylation is 1. The number of rotatable bonds is 4. The van der Waals surface area contributed by atoms with Crippen molar-refractivity contribution in [2.45, 2.75) is 20.0 Å². The monoisotopic (exact) mass is 315 g/mol. The van der Waals surface area contributed by atoms with Gasteiger partial charge >= 0.3 is 0 Å². The summed E-state index contributed by atoms with van der Waals surface area (Å²) in [6, 6.07) is 12.6. The molecule has 2 N–H and O–H groups in total. The SMILES string of the molecule is CN=C(NCc1ccc(O)c(F)c1)N(C)Cc1ccccc1C. The molecule has 0 aliphatic carbocycles. The number of hydrogen-bond acceptors (Lipinski definition) is 2. The van der Waals surface area contributed by atoms with Crippen molar-refractivity contribution in [3.05, 3.63) is 65.0 Å². The molecule has 2 aromatic rings. The van der Waals surface area contributed by atoms with Crippen molar-refractivity contribution in [3.8, 4) is 5.75 Å². The standard InChI is InChI=1S/C18H22FN3O/c1-13-6-4-5-7-15(13)12-22(3)18(20-2)21-11-14-8-9-17(23)16(19)10-14/h4-10,23H,11-12H2,1-3H3,(H,20,21). The quantitative estimate of drug-likeness (QED) is 0.673. The van der Waals surface area contributed by atoms with Crippen LogP contribution in [0.4, 0.5) is 4.39 Å². The van der Waals surface area contributed by atoms with E-state index in [9.17, 15) is 9.50 Å². The molecule has 0 aliphatic heterocycles. The molecule has 122 valence electrons. The summed E-state index contributed by atoms with van der Waals surface area (Å²) in [5.41, 5.74) is 3.20. The Morgan fingerprint density at radius 2 is 2.00 bits per heavy atom. The molecule has 0 saturated heterocycles. The number of aromatic hydroxyl groups is 1. The number of guanidine groups is 1. The van der Waals surface area contributed by atoms with Crippen LogP contribution < -0.4 is 5.32 Å². The molecule has 0 spiro atoms. The minimum atomic E-state index is -0.618. The number of halogens is 1. The highest BCUT2D eigenvalue weighted by Gasteiger charge is 2.08. The molecule has 0 fully saturated rings. The fourth-order valence-corrected chi connectivity index (χ4v) is 2.34. The summed E-state index contributed by atoms with van der Waals surface area (Å²) in [5, 5.41) is 12.4. The Morgan fingerprint density at radius 1 is 1.26 bits per heavy atom. The van der Waals surface area contributed by atoms with E-state index in [0.29, 0.717) is 6.54 Å². The summed E-state index contributed by atoms with van der Waals surface area (Å²) in [5.74, 6) is -0.232. The zero-order valence-corrected chi connectivity index (χ0v) is 13.7. The normalized spacial score (nSPS) is 11.4. The third-order valence-electron chi connectivity index (χ3n) is 3.70. The zero-order chi connectivity index (χ0) is 16.8. The molecule has 0 aliphatic rings. The molecule has 0 saturated carbocycles. The summed E-state index contributed by atoms with van der Waals surface area (Å²) >= 11 is 0. The second kappa shape index (κ2) is 7.63. The second-order valence-electron chi connectivity index (χ2n) is 5.47. The van der Waals surface area contributed by atoms with E-state index in [0.717, 1.165) is 18.1 Å². The van der Waals surface area contributed by atoms with Crippen molar-refractivity contribution in [3.63, 3.8) is 0 Å². The van der Waals surface area contributed by atoms with Crippen LogP contribution >= 0.6 is 0 Å². The zero-order valence-electron chi connectivity index (χ0n) is 13.7. The molecule has 0 atom stereocenters. The molecule has 5 heteroatoms. The summed E-state index contributed by atoms with van der Waals surface area (Å²) in [6.07, 6.45) is 0. The molecule has 2 aromatic carbocycles. The Kier molecular flexibility index (Phi) is 5.57. The molecular weight excluding hydrogens is 293 g/mol. The fraction of sp³-hybridized carbons (Fsp3) is 0.278. The third kappa shape index (κ3) is 4.45. The van der Waals surface area contributed by atoms with Gasteiger partial charge in [0.1, 0.15) is 0 Å². The van der Waals surface area contributed by atoms with Gasteiger partial charge in [0.2, 0.25) is 0 Å². The number of aliphatic imine (C=N–C) groups is 1. The molecule has 0 heterocycles. The maximum absolute atomic E-state index is 13.4. The first-order valence-corrected chi connectivity index (χ1v) is 7.45. The Morgan fingerprint density at radius 3 is 2.65 bits per heavy atom. The van der Waals surface area contributed by atoms with E-state index in [-0.39, 0.29) is 5.75 Å². The van der Waals surface area contributed by atoms with Crippen LogP contribution in [0.15, 0.2) is 47.5 Å². The largest absolute Gasteiger partial charge is 0.505 e. The van der Waals surface area contributed by atoms with Gasteiger partial charge < -0.3 is 15.3 Å². The van der Waals surface area contributed by atoms with Crippen molar-refractivity contribution in [1.29, 1.82) is 0 Å². The lowest BCUT2D eigenvalue weighted by molar-refractivity contribution is 0.431. The molecule has 0 radical (unpaired) electrons. The first-order chi connectivity index (χ1) is 11.0. The van der Waals surface area contributed by atoms with Crippen LogP contribution in [0.1, 0.15) is 16.7 Å². The molecule has 4 nitrogen and oxygen atoms in total. The van der Waals surface area contributed by atoms with E-state index >= 15 is 0 Å². The van der Waals surface area contributed by atoms with Crippen LogP contribution in [-0.4, -0.2) is 30.1 Å². The van der Waals surface area contributed by atoms with E-state index in [4.69, 9.17) is 0 Å². The predicted molar refractivity (Wildman–Crippen MR) is 90.9 cm³/mol. The smallest absolute Gasteiger partial charge is 0.193 e. The van der Waals surface area contributed by atoms with E-state index < -0.39 is 5.82 Å². The number of phenolic OH excluding ortho intramolecular Hbond substituents is 1. The molecule has 0 amide bonds. The van der Waals surface area contributed by atoms with Gasteiger partial charge in [-0.3, -0.25) is 4.99 Å². The van der Waals surface area contributed by atoms with Crippen molar-refractivity contribution >= 4 is 5.96 Å². The predicted octanol–water partition coefficient (Wildman–Crippen LogP) is 3.05. The number of hydrogen-bond donors (Lipinski definition) is 2. The van der Waals surface area contributed by atoms with Gasteiger partial charge in [-0.05, 0) is 35.7 Å². The summed E-state index contributed by atoms with van der Waals surface area (Å²) in [4.78, 5) is 6.27. The maximum atomic E-state index is 13.4. The summed E-state index contributed by atoms with van der Waals surface area (Å²) in [7, 11) is 3.67. The second-order valence-corrected chi connectivity index (χ2v) is 5.47. The third-order valence-corrected chi connectivity index (χ3v) is 3.70. The Balaban J connectivity index is 1.99. The van der Waals surface area contributed by atoms with Crippen LogP contribution in [0.2, 0.25) is 0 Å². The first-order valence-electron chi connectivity index (χ1n) is 7.45. The topological polar surface area (TPSA) is 47.9 Å².